The number of carbonyl (C=O) groups excluding carboxylic acids is 4. The highest BCUT2D eigenvalue weighted by molar-refractivity contribution is 9.10. The number of amides is 1. The topological polar surface area (TPSA) is 119 Å². The second-order valence-electron chi connectivity index (χ2n) is 4.41. The van der Waals surface area contributed by atoms with Gasteiger partial charge in [-0.25, -0.2) is 4.98 Å². The molecule has 26 heavy (non-hydrogen) atoms. The van der Waals surface area contributed by atoms with Crippen LogP contribution in [0.2, 0.25) is 0 Å². The molecule has 0 bridgehead atoms. The highest BCUT2D eigenvalue weighted by atomic mass is 79.9. The van der Waals surface area contributed by atoms with Gasteiger partial charge in [0.15, 0.2) is 5.78 Å². The minimum absolute atomic E-state index is 0.0733. The van der Waals surface area contributed by atoms with Gasteiger partial charge in [0, 0.05) is 21.8 Å². The standard InChI is InChI=1S/C15H13BrN2O2.CH5N.2CH2O/c1-9-8-17-14(7-13(9)16)18-15(20)12-5-3-4-11(6-12)10(2)19;3*1-2/h3-8H,1-2H3,(H,17,18,20);2H2,1H3;2*1H2. The van der Waals surface area contributed by atoms with Crippen molar-refractivity contribution in [1.29, 1.82) is 0 Å². The van der Waals surface area contributed by atoms with Crippen LogP contribution in [-0.4, -0.2) is 37.3 Å². The van der Waals surface area contributed by atoms with Crippen molar-refractivity contribution in [2.75, 3.05) is 12.4 Å². The molecule has 0 saturated heterocycles. The summed E-state index contributed by atoms with van der Waals surface area (Å²) in [6.07, 6.45) is 1.67. The van der Waals surface area contributed by atoms with E-state index in [1.165, 1.54) is 14.0 Å². The number of carbonyl (C=O) groups is 4. The molecule has 0 fully saturated rings. The van der Waals surface area contributed by atoms with Gasteiger partial charge in [-0.15, -0.1) is 0 Å². The highest BCUT2D eigenvalue weighted by Gasteiger charge is 2.09. The van der Waals surface area contributed by atoms with Gasteiger partial charge in [0.25, 0.3) is 5.91 Å². The Morgan fingerprint density at radius 1 is 1.08 bits per heavy atom. The minimum atomic E-state index is -0.295. The van der Waals surface area contributed by atoms with Crippen LogP contribution in [0.15, 0.2) is 41.0 Å². The lowest BCUT2D eigenvalue weighted by Crippen LogP contribution is -2.13. The largest absolute Gasteiger partial charge is 0.333 e. The van der Waals surface area contributed by atoms with E-state index in [1.807, 2.05) is 20.5 Å². The maximum absolute atomic E-state index is 12.1. The Morgan fingerprint density at radius 2 is 1.62 bits per heavy atom. The third-order valence-electron chi connectivity index (χ3n) is 2.81. The Morgan fingerprint density at radius 3 is 2.12 bits per heavy atom. The average Bonchev–Trinajstić information content (AvgIpc) is 2.69. The summed E-state index contributed by atoms with van der Waals surface area (Å²) in [5.74, 6) is 0.0907. The molecule has 0 aliphatic heterocycles. The van der Waals surface area contributed by atoms with Crippen molar-refractivity contribution in [3.8, 4) is 0 Å². The Labute approximate surface area is 161 Å². The molecule has 2 rings (SSSR count). The van der Waals surface area contributed by atoms with Gasteiger partial charge >= 0.3 is 0 Å². The Bertz CT molecular complexity index is 721. The van der Waals surface area contributed by atoms with Gasteiger partial charge in [0.1, 0.15) is 19.4 Å². The number of rotatable bonds is 3. The predicted octanol–water partition coefficient (Wildman–Crippen LogP) is 2.81. The van der Waals surface area contributed by atoms with Gasteiger partial charge in [-0.3, -0.25) is 9.59 Å². The number of halogens is 1. The smallest absolute Gasteiger partial charge is 0.256 e. The monoisotopic (exact) mass is 423 g/mol. The van der Waals surface area contributed by atoms with Gasteiger partial charge in [-0.1, -0.05) is 28.1 Å². The molecule has 2 aromatic rings. The van der Waals surface area contributed by atoms with Gasteiger partial charge < -0.3 is 20.6 Å². The summed E-state index contributed by atoms with van der Waals surface area (Å²) < 4.78 is 0.875. The Balaban J connectivity index is 0. The second-order valence-corrected chi connectivity index (χ2v) is 5.26. The average molecular weight is 424 g/mol. The molecular formula is C18H22BrN3O4. The fraction of sp³-hybridized carbons (Fsp3) is 0.167. The molecule has 0 saturated carbocycles. The molecule has 140 valence electrons. The van der Waals surface area contributed by atoms with Crippen molar-refractivity contribution >= 4 is 47.0 Å². The van der Waals surface area contributed by atoms with Crippen molar-refractivity contribution < 1.29 is 19.2 Å². The molecule has 0 aliphatic rings. The van der Waals surface area contributed by atoms with Crippen LogP contribution < -0.4 is 11.1 Å². The molecule has 1 amide bonds. The molecule has 0 unspecified atom stereocenters. The Kier molecular flexibility index (Phi) is 14.4. The van der Waals surface area contributed by atoms with E-state index < -0.39 is 0 Å². The zero-order chi connectivity index (χ0) is 20.7. The van der Waals surface area contributed by atoms with E-state index in [0.717, 1.165) is 10.0 Å². The summed E-state index contributed by atoms with van der Waals surface area (Å²) >= 11 is 3.39. The van der Waals surface area contributed by atoms with E-state index in [1.54, 1.807) is 36.5 Å². The van der Waals surface area contributed by atoms with Crippen molar-refractivity contribution in [3.63, 3.8) is 0 Å². The van der Waals surface area contributed by atoms with Crippen LogP contribution in [0, 0.1) is 6.92 Å². The van der Waals surface area contributed by atoms with Crippen molar-refractivity contribution in [2.24, 2.45) is 5.73 Å². The highest BCUT2D eigenvalue weighted by Crippen LogP contribution is 2.18. The number of aryl methyl sites for hydroxylation is 1. The summed E-state index contributed by atoms with van der Waals surface area (Å²) in [4.78, 5) is 43.6. The number of ketones is 1. The van der Waals surface area contributed by atoms with Crippen LogP contribution in [0.1, 0.15) is 33.2 Å². The summed E-state index contributed by atoms with van der Waals surface area (Å²) in [6.45, 7) is 7.38. The third kappa shape index (κ3) is 8.41. The van der Waals surface area contributed by atoms with Crippen molar-refractivity contribution in [3.05, 3.63) is 57.7 Å². The third-order valence-corrected chi connectivity index (χ3v) is 3.66. The van der Waals surface area contributed by atoms with E-state index in [0.29, 0.717) is 16.9 Å². The van der Waals surface area contributed by atoms with E-state index in [9.17, 15) is 9.59 Å². The van der Waals surface area contributed by atoms with E-state index in [2.05, 4.69) is 32.0 Å². The zero-order valence-corrected chi connectivity index (χ0v) is 16.5. The van der Waals surface area contributed by atoms with Crippen LogP contribution in [0.3, 0.4) is 0 Å². The van der Waals surface area contributed by atoms with Gasteiger partial charge in [-0.05, 0) is 44.7 Å². The maximum Gasteiger partial charge on any atom is 0.256 e. The molecule has 1 aromatic carbocycles. The number of aromatic nitrogens is 1. The van der Waals surface area contributed by atoms with Crippen molar-refractivity contribution in [2.45, 2.75) is 13.8 Å². The SMILES string of the molecule is C=O.C=O.CC(=O)c1cccc(C(=O)Nc2cc(Br)c(C)cn2)c1.CN. The number of nitrogens with one attached hydrogen (secondary N) is 1. The summed E-state index contributed by atoms with van der Waals surface area (Å²) in [6, 6.07) is 8.33. The first-order chi connectivity index (χ1) is 12.5. The van der Waals surface area contributed by atoms with E-state index >= 15 is 0 Å². The molecule has 1 heterocycles. The number of nitrogens with two attached hydrogens (primary N) is 1. The van der Waals surface area contributed by atoms with E-state index in [4.69, 9.17) is 9.59 Å². The first-order valence-electron chi connectivity index (χ1n) is 7.17. The number of pyridine rings is 1. The number of benzene rings is 1. The molecule has 0 aliphatic carbocycles. The lowest BCUT2D eigenvalue weighted by Gasteiger charge is -2.06. The summed E-state index contributed by atoms with van der Waals surface area (Å²) in [5, 5.41) is 2.70. The predicted molar refractivity (Wildman–Crippen MR) is 105 cm³/mol. The number of Topliss-reactive ketones (excluding diaryl/α,β-unsaturated/α-hetero) is 1. The molecule has 8 heteroatoms. The molecule has 1 aromatic heterocycles. The lowest BCUT2D eigenvalue weighted by atomic mass is 10.1. The molecule has 0 radical (unpaired) electrons. The minimum Gasteiger partial charge on any atom is -0.333 e. The lowest BCUT2D eigenvalue weighted by molar-refractivity contribution is -0.0987. The number of hydrogen-bond acceptors (Lipinski definition) is 6. The molecule has 0 atom stereocenters. The van der Waals surface area contributed by atoms with Crippen LogP contribution in [0.5, 0.6) is 0 Å². The zero-order valence-electron chi connectivity index (χ0n) is 14.9. The number of hydrogen-bond donors (Lipinski definition) is 2. The van der Waals surface area contributed by atoms with Gasteiger partial charge in [0.05, 0.1) is 0 Å². The quantitative estimate of drug-likeness (QED) is 0.732. The van der Waals surface area contributed by atoms with Crippen LogP contribution >= 0.6 is 15.9 Å². The van der Waals surface area contributed by atoms with Crippen LogP contribution in [-0.2, 0) is 9.59 Å². The Hall–Kier alpha value is -2.71. The summed E-state index contributed by atoms with van der Waals surface area (Å²) in [7, 11) is 1.50. The van der Waals surface area contributed by atoms with Crippen molar-refractivity contribution in [1.82, 2.24) is 4.98 Å². The normalized spacial score (nSPS) is 8.35. The van der Waals surface area contributed by atoms with Gasteiger partial charge in [0.2, 0.25) is 0 Å². The first kappa shape index (κ1) is 25.5. The molecule has 3 N–H and O–H groups in total. The van der Waals surface area contributed by atoms with Gasteiger partial charge in [-0.2, -0.15) is 0 Å². The van der Waals surface area contributed by atoms with E-state index in [-0.39, 0.29) is 11.7 Å². The fourth-order valence-corrected chi connectivity index (χ4v) is 1.95. The number of nitrogens with zero attached hydrogens (tertiary/aromatic N) is 1. The van der Waals surface area contributed by atoms with Crippen LogP contribution in [0.4, 0.5) is 5.82 Å². The number of anilines is 1. The maximum atomic E-state index is 12.1. The first-order valence-corrected chi connectivity index (χ1v) is 7.96. The second kappa shape index (κ2) is 14.6. The summed E-state index contributed by atoms with van der Waals surface area (Å²) in [5.41, 5.74) is 6.42. The fourth-order valence-electron chi connectivity index (χ4n) is 1.64. The molecule has 7 nitrogen and oxygen atoms in total. The molecule has 0 spiro atoms. The molecular weight excluding hydrogens is 402 g/mol. The van der Waals surface area contributed by atoms with Crippen LogP contribution in [0.25, 0.3) is 0 Å².